The number of carbonyl (C=O) groups excluding carboxylic acids is 3. The number of hydrogen-bond donors (Lipinski definition) is 3. The Balaban J connectivity index is 1.52. The summed E-state index contributed by atoms with van der Waals surface area (Å²) in [7, 11) is 0. The Morgan fingerprint density at radius 2 is 1.76 bits per heavy atom. The zero-order chi connectivity index (χ0) is 29.4. The Morgan fingerprint density at radius 3 is 2.39 bits per heavy atom. The van der Waals surface area contributed by atoms with Crippen LogP contribution >= 0.6 is 0 Å². The third-order valence-electron chi connectivity index (χ3n) is 7.04. The molecule has 13 heteroatoms. The number of benzene rings is 1. The van der Waals surface area contributed by atoms with Crippen molar-refractivity contribution < 1.29 is 34.1 Å². The van der Waals surface area contributed by atoms with Crippen LogP contribution in [0.3, 0.4) is 0 Å². The number of nitrogens with one attached hydrogen (secondary N) is 1. The average Bonchev–Trinajstić information content (AvgIpc) is 3.39. The number of hydrogen-bond acceptors (Lipinski definition) is 9. The van der Waals surface area contributed by atoms with Crippen LogP contribution in [-0.2, 0) is 20.9 Å². The minimum Gasteiger partial charge on any atom is -0.481 e. The Hall–Kier alpha value is -4.10. The number of β-amino-alcohol motifs (C(OH)–C–C–N with tert-alkyl or cyclic N) is 1. The van der Waals surface area contributed by atoms with Gasteiger partial charge in [0.25, 0.3) is 5.91 Å². The number of piperazine rings is 1. The second-order valence-electron chi connectivity index (χ2n) is 10.1. The second-order valence-corrected chi connectivity index (χ2v) is 10.1. The van der Waals surface area contributed by atoms with Gasteiger partial charge >= 0.3 is 12.1 Å². The maximum absolute atomic E-state index is 13.5. The molecule has 41 heavy (non-hydrogen) atoms. The summed E-state index contributed by atoms with van der Waals surface area (Å²) in [6.07, 6.45) is -0.625. The van der Waals surface area contributed by atoms with Gasteiger partial charge in [0.1, 0.15) is 11.7 Å². The smallest absolute Gasteiger partial charge is 0.409 e. The maximum Gasteiger partial charge on any atom is 0.409 e. The standard InChI is InChI=1S/C28H36N6O7/c1-2-41-28(40)34-14-12-33(13-15-34)27(39)22(8-9-24(36)37)31-26(38)23-16-20(17-32-11-10-21(35)18-32)29-25(30-23)19-6-4-3-5-7-19/h3-7,16,21-22,35H,2,8-15,17-18H2,1H3,(H,31,38)(H,36,37)/t21-,22+/m1/s1. The van der Waals surface area contributed by atoms with Crippen molar-refractivity contribution in [3.05, 3.63) is 47.8 Å². The largest absolute Gasteiger partial charge is 0.481 e. The number of carboxylic acid groups (broad SMARTS) is 1. The van der Waals surface area contributed by atoms with Gasteiger partial charge in [-0.2, -0.15) is 0 Å². The highest BCUT2D eigenvalue weighted by molar-refractivity contribution is 5.96. The highest BCUT2D eigenvalue weighted by Crippen LogP contribution is 2.19. The van der Waals surface area contributed by atoms with E-state index in [1.54, 1.807) is 13.0 Å². The first-order valence-corrected chi connectivity index (χ1v) is 13.8. The Bertz CT molecular complexity index is 1240. The van der Waals surface area contributed by atoms with E-state index in [2.05, 4.69) is 15.3 Å². The monoisotopic (exact) mass is 568 g/mol. The molecule has 1 aromatic carbocycles. The van der Waals surface area contributed by atoms with Crippen molar-refractivity contribution >= 4 is 23.9 Å². The number of ether oxygens (including phenoxy) is 1. The molecule has 2 aromatic rings. The number of likely N-dealkylation sites (tertiary alicyclic amines) is 1. The van der Waals surface area contributed by atoms with Crippen molar-refractivity contribution in [2.45, 2.75) is 44.9 Å². The molecule has 2 aliphatic heterocycles. The first-order valence-electron chi connectivity index (χ1n) is 13.8. The molecule has 0 bridgehead atoms. The Kier molecular flexibility index (Phi) is 10.2. The summed E-state index contributed by atoms with van der Waals surface area (Å²) in [6.45, 7) is 4.57. The molecular formula is C28H36N6O7. The van der Waals surface area contributed by atoms with Gasteiger partial charge in [-0.05, 0) is 25.8 Å². The molecule has 0 spiro atoms. The number of aliphatic hydroxyl groups excluding tert-OH is 1. The molecule has 0 saturated carbocycles. The molecule has 2 atom stereocenters. The number of nitrogens with zero attached hydrogens (tertiary/aromatic N) is 5. The van der Waals surface area contributed by atoms with Gasteiger partial charge in [0.2, 0.25) is 5.91 Å². The van der Waals surface area contributed by atoms with Crippen molar-refractivity contribution in [2.75, 3.05) is 45.9 Å². The molecule has 2 aliphatic rings. The number of carboxylic acids is 1. The molecule has 4 rings (SSSR count). The number of aromatic nitrogens is 2. The van der Waals surface area contributed by atoms with E-state index in [0.717, 1.165) is 0 Å². The lowest BCUT2D eigenvalue weighted by Crippen LogP contribution is -2.56. The predicted molar refractivity (Wildman–Crippen MR) is 147 cm³/mol. The minimum absolute atomic E-state index is 0.0499. The van der Waals surface area contributed by atoms with Gasteiger partial charge in [-0.1, -0.05) is 30.3 Å². The Morgan fingerprint density at radius 1 is 1.05 bits per heavy atom. The van der Waals surface area contributed by atoms with Gasteiger partial charge in [-0.15, -0.1) is 0 Å². The molecule has 3 N–H and O–H groups in total. The molecule has 2 saturated heterocycles. The molecule has 2 fully saturated rings. The lowest BCUT2D eigenvalue weighted by molar-refractivity contribution is -0.138. The topological polar surface area (TPSA) is 166 Å². The fourth-order valence-electron chi connectivity index (χ4n) is 4.90. The second kappa shape index (κ2) is 14.0. The van der Waals surface area contributed by atoms with Gasteiger partial charge in [-0.3, -0.25) is 19.3 Å². The van der Waals surface area contributed by atoms with E-state index in [1.165, 1.54) is 9.80 Å². The number of amides is 3. The molecule has 3 amide bonds. The summed E-state index contributed by atoms with van der Waals surface area (Å²) in [5.74, 6) is -1.79. The quantitative estimate of drug-likeness (QED) is 0.376. The molecule has 13 nitrogen and oxygen atoms in total. The van der Waals surface area contributed by atoms with E-state index in [1.807, 2.05) is 35.2 Å². The lowest BCUT2D eigenvalue weighted by atomic mass is 10.1. The van der Waals surface area contributed by atoms with E-state index < -0.39 is 36.0 Å². The van der Waals surface area contributed by atoms with E-state index in [-0.39, 0.29) is 51.3 Å². The van der Waals surface area contributed by atoms with Crippen LogP contribution in [0.4, 0.5) is 4.79 Å². The average molecular weight is 569 g/mol. The van der Waals surface area contributed by atoms with Gasteiger partial charge in [0.05, 0.1) is 18.4 Å². The van der Waals surface area contributed by atoms with Crippen molar-refractivity contribution in [1.82, 2.24) is 30.0 Å². The third-order valence-corrected chi connectivity index (χ3v) is 7.04. The van der Waals surface area contributed by atoms with Crippen LogP contribution in [0.5, 0.6) is 0 Å². The van der Waals surface area contributed by atoms with Crippen LogP contribution in [-0.4, -0.2) is 117 Å². The molecular weight excluding hydrogens is 532 g/mol. The first-order chi connectivity index (χ1) is 19.7. The molecule has 0 unspecified atom stereocenters. The van der Waals surface area contributed by atoms with E-state index in [4.69, 9.17) is 4.74 Å². The highest BCUT2D eigenvalue weighted by Gasteiger charge is 2.31. The molecule has 1 aromatic heterocycles. The van der Waals surface area contributed by atoms with Crippen LogP contribution in [0.25, 0.3) is 11.4 Å². The first kappa shape index (κ1) is 29.9. The van der Waals surface area contributed by atoms with Crippen LogP contribution in [0, 0.1) is 0 Å². The van der Waals surface area contributed by atoms with E-state index in [9.17, 15) is 29.4 Å². The Labute approximate surface area is 238 Å². The van der Waals surface area contributed by atoms with Crippen LogP contribution in [0.1, 0.15) is 42.4 Å². The summed E-state index contributed by atoms with van der Waals surface area (Å²) < 4.78 is 5.02. The summed E-state index contributed by atoms with van der Waals surface area (Å²) in [5.41, 5.74) is 1.35. The van der Waals surface area contributed by atoms with Crippen LogP contribution in [0.2, 0.25) is 0 Å². The van der Waals surface area contributed by atoms with Gasteiger partial charge in [0, 0.05) is 57.8 Å². The molecule has 3 heterocycles. The number of carbonyl (C=O) groups is 4. The van der Waals surface area contributed by atoms with E-state index in [0.29, 0.717) is 43.1 Å². The highest BCUT2D eigenvalue weighted by atomic mass is 16.6. The van der Waals surface area contributed by atoms with Crippen molar-refractivity contribution in [3.8, 4) is 11.4 Å². The van der Waals surface area contributed by atoms with Gasteiger partial charge in [-0.25, -0.2) is 14.8 Å². The number of aliphatic hydroxyl groups is 1. The van der Waals surface area contributed by atoms with Gasteiger partial charge < -0.3 is 30.1 Å². The van der Waals surface area contributed by atoms with E-state index >= 15 is 0 Å². The van der Waals surface area contributed by atoms with Crippen molar-refractivity contribution in [1.29, 1.82) is 0 Å². The maximum atomic E-state index is 13.5. The summed E-state index contributed by atoms with van der Waals surface area (Å²) in [6, 6.07) is 9.65. The zero-order valence-corrected chi connectivity index (χ0v) is 23.1. The fraction of sp³-hybridized carbons (Fsp3) is 0.500. The molecule has 0 radical (unpaired) electrons. The predicted octanol–water partition coefficient (Wildman–Crippen LogP) is 0.974. The zero-order valence-electron chi connectivity index (χ0n) is 23.1. The lowest BCUT2D eigenvalue weighted by Gasteiger charge is -2.35. The number of aliphatic carboxylic acids is 1. The summed E-state index contributed by atoms with van der Waals surface area (Å²) in [4.78, 5) is 64.4. The van der Waals surface area contributed by atoms with Crippen molar-refractivity contribution in [3.63, 3.8) is 0 Å². The number of rotatable bonds is 10. The summed E-state index contributed by atoms with van der Waals surface area (Å²) >= 11 is 0. The van der Waals surface area contributed by atoms with Crippen LogP contribution < -0.4 is 5.32 Å². The molecule has 0 aliphatic carbocycles. The van der Waals surface area contributed by atoms with Gasteiger partial charge in [0.15, 0.2) is 5.82 Å². The SMILES string of the molecule is CCOC(=O)N1CCN(C(=O)[C@H](CCC(=O)O)NC(=O)c2cc(CN3CC[C@@H](O)C3)nc(-c3ccccc3)n2)CC1. The fourth-order valence-corrected chi connectivity index (χ4v) is 4.90. The summed E-state index contributed by atoms with van der Waals surface area (Å²) in [5, 5.41) is 21.9. The van der Waals surface area contributed by atoms with Crippen molar-refractivity contribution in [2.24, 2.45) is 0 Å². The van der Waals surface area contributed by atoms with Crippen LogP contribution in [0.15, 0.2) is 36.4 Å². The third kappa shape index (κ3) is 8.21. The normalized spacial score (nSPS) is 18.1. The minimum atomic E-state index is -1.10. The molecule has 220 valence electrons.